The van der Waals surface area contributed by atoms with Gasteiger partial charge in [-0.05, 0) is 42.5 Å². The van der Waals surface area contributed by atoms with E-state index in [1.165, 1.54) is 12.0 Å². The second-order valence-corrected chi connectivity index (χ2v) is 6.86. The highest BCUT2D eigenvalue weighted by atomic mass is 16.5. The molecule has 1 N–H and O–H groups in total. The number of carbonyl (C=O) groups excluding carboxylic acids is 2. The lowest BCUT2D eigenvalue weighted by Gasteiger charge is -2.18. The number of anilines is 2. The minimum absolute atomic E-state index is 0.225. The van der Waals surface area contributed by atoms with E-state index < -0.39 is 6.09 Å². The lowest BCUT2D eigenvalue weighted by Crippen LogP contribution is -2.26. The second-order valence-electron chi connectivity index (χ2n) is 6.86. The molecule has 3 aromatic heterocycles. The summed E-state index contributed by atoms with van der Waals surface area (Å²) in [7, 11) is 2.94. The number of aromatic nitrogens is 3. The van der Waals surface area contributed by atoms with E-state index in [0.717, 1.165) is 11.3 Å². The molecule has 1 aromatic carbocycles. The number of pyridine rings is 2. The fourth-order valence-corrected chi connectivity index (χ4v) is 3.19. The summed E-state index contributed by atoms with van der Waals surface area (Å²) in [5.41, 5.74) is 3.72. The number of amides is 2. The zero-order chi connectivity index (χ0) is 22.7. The predicted octanol–water partition coefficient (Wildman–Crippen LogP) is 3.72. The molecule has 0 spiro atoms. The van der Waals surface area contributed by atoms with Gasteiger partial charge in [-0.15, -0.1) is 0 Å². The SMILES string of the molecule is COC(=O)Nc1ccc(-c2cnc3ccc(C(=O)N(C)c4cccc(C#N)c4)cn23)cn1. The molecule has 2 amide bonds. The van der Waals surface area contributed by atoms with Gasteiger partial charge in [-0.3, -0.25) is 14.5 Å². The van der Waals surface area contributed by atoms with E-state index in [1.807, 2.05) is 0 Å². The third-order valence-corrected chi connectivity index (χ3v) is 4.89. The molecule has 0 bridgehead atoms. The summed E-state index contributed by atoms with van der Waals surface area (Å²) in [6, 6.07) is 15.8. The molecule has 0 fully saturated rings. The molecule has 0 radical (unpaired) electrons. The van der Waals surface area contributed by atoms with Gasteiger partial charge in [0.2, 0.25) is 0 Å². The fourth-order valence-electron chi connectivity index (χ4n) is 3.19. The Bertz CT molecular complexity index is 1350. The van der Waals surface area contributed by atoms with Gasteiger partial charge in [0, 0.05) is 30.7 Å². The first-order valence-corrected chi connectivity index (χ1v) is 9.57. The molecule has 0 saturated carbocycles. The van der Waals surface area contributed by atoms with Gasteiger partial charge in [0.15, 0.2) is 0 Å². The Labute approximate surface area is 183 Å². The number of hydrogen-bond donors (Lipinski definition) is 1. The zero-order valence-corrected chi connectivity index (χ0v) is 17.3. The quantitative estimate of drug-likeness (QED) is 0.532. The van der Waals surface area contributed by atoms with Crippen LogP contribution in [0.2, 0.25) is 0 Å². The van der Waals surface area contributed by atoms with Gasteiger partial charge < -0.3 is 9.64 Å². The summed E-state index contributed by atoms with van der Waals surface area (Å²) >= 11 is 0. The van der Waals surface area contributed by atoms with E-state index in [1.54, 1.807) is 78.6 Å². The highest BCUT2D eigenvalue weighted by molar-refractivity contribution is 6.05. The van der Waals surface area contributed by atoms with Gasteiger partial charge in [-0.25, -0.2) is 14.8 Å². The van der Waals surface area contributed by atoms with Crippen LogP contribution in [-0.2, 0) is 4.74 Å². The standard InChI is InChI=1S/C23H18N6O3/c1-28(18-5-3-4-15(10-18)11-24)22(30)17-7-9-21-26-13-19(29(21)14-17)16-6-8-20(25-12-16)27-23(31)32-2/h3-10,12-14H,1-2H3,(H,25,27,31). The highest BCUT2D eigenvalue weighted by Gasteiger charge is 2.16. The molecule has 3 heterocycles. The van der Waals surface area contributed by atoms with E-state index in [0.29, 0.717) is 28.3 Å². The molecule has 0 aliphatic heterocycles. The van der Waals surface area contributed by atoms with Crippen molar-refractivity contribution in [2.45, 2.75) is 0 Å². The normalized spacial score (nSPS) is 10.4. The number of imidazole rings is 1. The molecule has 9 heteroatoms. The Kier molecular flexibility index (Phi) is 5.51. The summed E-state index contributed by atoms with van der Waals surface area (Å²) in [5, 5.41) is 11.6. The molecule has 0 saturated heterocycles. The maximum absolute atomic E-state index is 13.1. The van der Waals surface area contributed by atoms with Crippen molar-refractivity contribution < 1.29 is 14.3 Å². The number of methoxy groups -OCH3 is 1. The third-order valence-electron chi connectivity index (χ3n) is 4.89. The van der Waals surface area contributed by atoms with Crippen molar-refractivity contribution in [2.75, 3.05) is 24.4 Å². The molecular weight excluding hydrogens is 408 g/mol. The number of nitriles is 1. The molecule has 32 heavy (non-hydrogen) atoms. The van der Waals surface area contributed by atoms with Crippen molar-refractivity contribution in [3.63, 3.8) is 0 Å². The molecule has 0 aliphatic rings. The molecule has 0 unspecified atom stereocenters. The predicted molar refractivity (Wildman–Crippen MR) is 118 cm³/mol. The molecule has 4 aromatic rings. The van der Waals surface area contributed by atoms with Gasteiger partial charge in [0.25, 0.3) is 5.91 Å². The Balaban J connectivity index is 1.64. The van der Waals surface area contributed by atoms with E-state index in [4.69, 9.17) is 5.26 Å². The molecule has 9 nitrogen and oxygen atoms in total. The lowest BCUT2D eigenvalue weighted by atomic mass is 10.2. The maximum atomic E-state index is 13.1. The molecule has 0 aliphatic carbocycles. The number of nitrogens with one attached hydrogen (secondary N) is 1. The Morgan fingerprint density at radius 3 is 2.69 bits per heavy atom. The van der Waals surface area contributed by atoms with Crippen LogP contribution in [0.25, 0.3) is 16.9 Å². The maximum Gasteiger partial charge on any atom is 0.412 e. The minimum atomic E-state index is -0.604. The molecular formula is C23H18N6O3. The smallest absolute Gasteiger partial charge is 0.412 e. The number of ether oxygens (including phenoxy) is 1. The largest absolute Gasteiger partial charge is 0.453 e. The first kappa shape index (κ1) is 20.6. The van der Waals surface area contributed by atoms with Crippen LogP contribution in [0.3, 0.4) is 0 Å². The van der Waals surface area contributed by atoms with Gasteiger partial charge >= 0.3 is 6.09 Å². The fraction of sp³-hybridized carbons (Fsp3) is 0.0870. The van der Waals surface area contributed by atoms with Crippen LogP contribution >= 0.6 is 0 Å². The van der Waals surface area contributed by atoms with E-state index >= 15 is 0 Å². The van der Waals surface area contributed by atoms with Gasteiger partial charge in [-0.2, -0.15) is 5.26 Å². The number of rotatable bonds is 4. The second kappa shape index (κ2) is 8.57. The van der Waals surface area contributed by atoms with E-state index in [9.17, 15) is 9.59 Å². The summed E-state index contributed by atoms with van der Waals surface area (Å²) in [4.78, 5) is 34.5. The van der Waals surface area contributed by atoms with Crippen molar-refractivity contribution in [1.29, 1.82) is 5.26 Å². The number of benzene rings is 1. The summed E-state index contributed by atoms with van der Waals surface area (Å²) in [5.74, 6) is 0.129. The summed E-state index contributed by atoms with van der Waals surface area (Å²) < 4.78 is 6.36. The Morgan fingerprint density at radius 1 is 1.12 bits per heavy atom. The van der Waals surface area contributed by atoms with E-state index in [-0.39, 0.29) is 5.91 Å². The van der Waals surface area contributed by atoms with Gasteiger partial charge in [0.1, 0.15) is 11.5 Å². The number of nitrogens with zero attached hydrogens (tertiary/aromatic N) is 5. The molecule has 4 rings (SSSR count). The third kappa shape index (κ3) is 3.97. The topological polar surface area (TPSA) is 113 Å². The van der Waals surface area contributed by atoms with Crippen LogP contribution in [-0.4, -0.2) is 40.5 Å². The van der Waals surface area contributed by atoms with Crippen LogP contribution in [0.1, 0.15) is 15.9 Å². The average Bonchev–Trinajstić information content (AvgIpc) is 3.26. The number of fused-ring (bicyclic) bond motifs is 1. The van der Waals surface area contributed by atoms with Crippen LogP contribution in [0.4, 0.5) is 16.3 Å². The summed E-state index contributed by atoms with van der Waals surface area (Å²) in [6.45, 7) is 0. The van der Waals surface area contributed by atoms with Crippen LogP contribution < -0.4 is 10.2 Å². The van der Waals surface area contributed by atoms with Crippen LogP contribution in [0.5, 0.6) is 0 Å². The van der Waals surface area contributed by atoms with Crippen LogP contribution in [0, 0.1) is 11.3 Å². The van der Waals surface area contributed by atoms with Crippen molar-refractivity contribution in [3.05, 3.63) is 78.2 Å². The molecule has 158 valence electrons. The first-order chi connectivity index (χ1) is 15.5. The average molecular weight is 426 g/mol. The summed E-state index contributed by atoms with van der Waals surface area (Å²) in [6.07, 6.45) is 4.40. The Hall–Kier alpha value is -4.71. The highest BCUT2D eigenvalue weighted by Crippen LogP contribution is 2.23. The monoisotopic (exact) mass is 426 g/mol. The Morgan fingerprint density at radius 2 is 1.97 bits per heavy atom. The minimum Gasteiger partial charge on any atom is -0.453 e. The number of carbonyl (C=O) groups is 2. The molecule has 0 atom stereocenters. The zero-order valence-electron chi connectivity index (χ0n) is 17.3. The van der Waals surface area contributed by atoms with Crippen molar-refractivity contribution in [1.82, 2.24) is 14.4 Å². The van der Waals surface area contributed by atoms with E-state index in [2.05, 4.69) is 26.1 Å². The van der Waals surface area contributed by atoms with Crippen molar-refractivity contribution in [3.8, 4) is 17.3 Å². The van der Waals surface area contributed by atoms with Gasteiger partial charge in [-0.1, -0.05) is 6.07 Å². The number of hydrogen-bond acceptors (Lipinski definition) is 6. The first-order valence-electron chi connectivity index (χ1n) is 9.57. The lowest BCUT2D eigenvalue weighted by molar-refractivity contribution is 0.0992. The van der Waals surface area contributed by atoms with Gasteiger partial charge in [0.05, 0.1) is 36.2 Å². The van der Waals surface area contributed by atoms with Crippen molar-refractivity contribution in [2.24, 2.45) is 0 Å². The van der Waals surface area contributed by atoms with Crippen LogP contribution in [0.15, 0.2) is 67.1 Å². The van der Waals surface area contributed by atoms with Crippen molar-refractivity contribution >= 4 is 29.2 Å².